The molecule has 1 rings (SSSR count). The smallest absolute Gasteiger partial charge is 0.0911 e. The number of hydrogen-bond donors (Lipinski definition) is 1. The molecular weight excluding hydrogens is 166 g/mol. The maximum atomic E-state index is 11.1. The highest BCUT2D eigenvalue weighted by Gasteiger charge is 2.01. The Morgan fingerprint density at radius 1 is 1.70 bits per heavy atom. The molecule has 1 unspecified atom stereocenters. The van der Waals surface area contributed by atoms with Crippen LogP contribution in [0.3, 0.4) is 0 Å². The lowest BCUT2D eigenvalue weighted by Crippen LogP contribution is -2.09. The van der Waals surface area contributed by atoms with Gasteiger partial charge in [0.05, 0.1) is 15.0 Å². The Balaban J connectivity index is 2.59. The van der Waals surface area contributed by atoms with E-state index >= 15 is 0 Å². The van der Waals surface area contributed by atoms with Crippen LogP contribution in [0.5, 0.6) is 0 Å². The summed E-state index contributed by atoms with van der Waals surface area (Å²) in [4.78, 5) is 0. The maximum absolute atomic E-state index is 11.1. The molecule has 2 nitrogen and oxygen atoms in total. The van der Waals surface area contributed by atoms with Gasteiger partial charge in [-0.05, 0) is 11.4 Å². The molecule has 1 heterocycles. The molecule has 2 N–H and O–H groups in total. The summed E-state index contributed by atoms with van der Waals surface area (Å²) in [6.45, 7) is 0.491. The van der Waals surface area contributed by atoms with E-state index in [2.05, 4.69) is 0 Å². The van der Waals surface area contributed by atoms with Crippen molar-refractivity contribution in [1.29, 1.82) is 0 Å². The molecule has 0 saturated heterocycles. The zero-order valence-corrected chi connectivity index (χ0v) is 7.08. The van der Waals surface area contributed by atoms with Crippen LogP contribution < -0.4 is 5.73 Å². The molecule has 1 aromatic rings. The van der Waals surface area contributed by atoms with Gasteiger partial charge >= 0.3 is 0 Å². The third kappa shape index (κ3) is 1.90. The molecule has 0 aliphatic rings. The lowest BCUT2D eigenvalue weighted by atomic mass is 10.7. The van der Waals surface area contributed by atoms with Gasteiger partial charge in [0, 0.05) is 12.3 Å². The van der Waals surface area contributed by atoms with Gasteiger partial charge in [0.15, 0.2) is 0 Å². The highest BCUT2D eigenvalue weighted by molar-refractivity contribution is 7.87. The lowest BCUT2D eigenvalue weighted by Gasteiger charge is -1.92. The summed E-state index contributed by atoms with van der Waals surface area (Å²) in [5.41, 5.74) is 5.25. The highest BCUT2D eigenvalue weighted by atomic mass is 32.2. The van der Waals surface area contributed by atoms with Crippen molar-refractivity contribution in [2.24, 2.45) is 5.73 Å². The quantitative estimate of drug-likeness (QED) is 0.739. The van der Waals surface area contributed by atoms with Crippen molar-refractivity contribution in [3.05, 3.63) is 17.5 Å². The topological polar surface area (TPSA) is 43.1 Å². The van der Waals surface area contributed by atoms with Gasteiger partial charge in [-0.15, -0.1) is 11.3 Å². The molecular formula is C6H9NOS2. The third-order valence-corrected chi connectivity index (χ3v) is 3.72. The number of nitrogens with two attached hydrogens (primary N) is 1. The van der Waals surface area contributed by atoms with Gasteiger partial charge in [0.2, 0.25) is 0 Å². The Labute approximate surface area is 66.5 Å². The maximum Gasteiger partial charge on any atom is 0.0911 e. The fourth-order valence-corrected chi connectivity index (χ4v) is 2.54. The Bertz CT molecular complexity index is 208. The predicted molar refractivity (Wildman–Crippen MR) is 44.6 cm³/mol. The first-order valence-corrected chi connectivity index (χ1v) is 5.16. The van der Waals surface area contributed by atoms with Gasteiger partial charge in [-0.1, -0.05) is 6.07 Å². The molecule has 56 valence electrons. The van der Waals surface area contributed by atoms with Crippen LogP contribution in [-0.2, 0) is 10.8 Å². The van der Waals surface area contributed by atoms with E-state index in [-0.39, 0.29) is 0 Å². The Morgan fingerprint density at radius 3 is 3.00 bits per heavy atom. The van der Waals surface area contributed by atoms with Crippen LogP contribution in [0, 0.1) is 0 Å². The largest absolute Gasteiger partial charge is 0.330 e. The van der Waals surface area contributed by atoms with Crippen molar-refractivity contribution in [3.63, 3.8) is 0 Å². The lowest BCUT2D eigenvalue weighted by molar-refractivity contribution is 0.684. The summed E-state index contributed by atoms with van der Waals surface area (Å²) < 4.78 is 12.1. The molecule has 10 heavy (non-hydrogen) atoms. The van der Waals surface area contributed by atoms with Gasteiger partial charge in [-0.3, -0.25) is 4.21 Å². The molecule has 0 aromatic carbocycles. The fraction of sp³-hybridized carbons (Fsp3) is 0.333. The first kappa shape index (κ1) is 7.91. The molecule has 0 amide bonds. The van der Waals surface area contributed by atoms with Crippen molar-refractivity contribution >= 4 is 22.1 Å². The van der Waals surface area contributed by atoms with Gasteiger partial charge in [-0.2, -0.15) is 0 Å². The van der Waals surface area contributed by atoms with E-state index in [9.17, 15) is 4.21 Å². The monoisotopic (exact) mass is 175 g/mol. The summed E-state index contributed by atoms with van der Waals surface area (Å²) in [7, 11) is -0.859. The standard InChI is InChI=1S/C6H9NOS2/c7-3-5-10(8)6-2-1-4-9-6/h1-2,4H,3,5,7H2. The average Bonchev–Trinajstić information content (AvgIpc) is 2.38. The summed E-state index contributed by atoms with van der Waals surface area (Å²) in [5, 5.41) is 1.92. The van der Waals surface area contributed by atoms with Crippen LogP contribution in [0.2, 0.25) is 0 Å². The molecule has 0 aliphatic heterocycles. The first-order valence-electron chi connectivity index (χ1n) is 2.96. The summed E-state index contributed by atoms with van der Waals surface area (Å²) >= 11 is 1.52. The Kier molecular flexibility index (Phi) is 3.05. The molecule has 1 aromatic heterocycles. The van der Waals surface area contributed by atoms with Crippen molar-refractivity contribution in [3.8, 4) is 0 Å². The van der Waals surface area contributed by atoms with Crippen molar-refractivity contribution in [1.82, 2.24) is 0 Å². The van der Waals surface area contributed by atoms with Crippen LogP contribution in [0.4, 0.5) is 0 Å². The van der Waals surface area contributed by atoms with Crippen LogP contribution in [0.25, 0.3) is 0 Å². The number of hydrogen-bond acceptors (Lipinski definition) is 3. The molecule has 0 bridgehead atoms. The van der Waals surface area contributed by atoms with Crippen LogP contribution in [-0.4, -0.2) is 16.5 Å². The molecule has 0 fully saturated rings. The van der Waals surface area contributed by atoms with Crippen LogP contribution in [0.1, 0.15) is 0 Å². The second-order valence-corrected chi connectivity index (χ2v) is 4.52. The van der Waals surface area contributed by atoms with Crippen molar-refractivity contribution in [2.75, 3.05) is 12.3 Å². The van der Waals surface area contributed by atoms with E-state index in [4.69, 9.17) is 5.73 Å². The summed E-state index contributed by atoms with van der Waals surface area (Å²) in [6.07, 6.45) is 0. The van der Waals surface area contributed by atoms with E-state index in [1.165, 1.54) is 11.3 Å². The minimum absolute atomic E-state index is 0.491. The SMILES string of the molecule is NCCS(=O)c1cccs1. The second kappa shape index (κ2) is 3.85. The number of rotatable bonds is 3. The third-order valence-electron chi connectivity index (χ3n) is 1.02. The van der Waals surface area contributed by atoms with E-state index in [1.807, 2.05) is 17.5 Å². The summed E-state index contributed by atoms with van der Waals surface area (Å²) in [6, 6.07) is 3.77. The van der Waals surface area contributed by atoms with Crippen LogP contribution >= 0.6 is 11.3 Å². The second-order valence-electron chi connectivity index (χ2n) is 1.77. The summed E-state index contributed by atoms with van der Waals surface area (Å²) in [5.74, 6) is 0.570. The molecule has 4 heteroatoms. The molecule has 0 aliphatic carbocycles. The van der Waals surface area contributed by atoms with Gasteiger partial charge in [0.25, 0.3) is 0 Å². The minimum atomic E-state index is -0.859. The van der Waals surface area contributed by atoms with Crippen LogP contribution in [0.15, 0.2) is 21.7 Å². The van der Waals surface area contributed by atoms with E-state index in [0.717, 1.165) is 4.21 Å². The zero-order valence-electron chi connectivity index (χ0n) is 5.45. The van der Waals surface area contributed by atoms with Crippen molar-refractivity contribution < 1.29 is 4.21 Å². The van der Waals surface area contributed by atoms with Gasteiger partial charge < -0.3 is 5.73 Å². The molecule has 1 atom stereocenters. The van der Waals surface area contributed by atoms with Crippen molar-refractivity contribution in [2.45, 2.75) is 4.21 Å². The molecule has 0 radical (unpaired) electrons. The number of thiophene rings is 1. The molecule has 0 saturated carbocycles. The first-order chi connectivity index (χ1) is 4.84. The Morgan fingerprint density at radius 2 is 2.50 bits per heavy atom. The predicted octanol–water partition coefficient (Wildman–Crippen LogP) is 0.814. The molecule has 0 spiro atoms. The normalized spacial score (nSPS) is 13.3. The average molecular weight is 175 g/mol. The Hall–Kier alpha value is -0.190. The van der Waals surface area contributed by atoms with Gasteiger partial charge in [-0.25, -0.2) is 0 Å². The van der Waals surface area contributed by atoms with Gasteiger partial charge in [0.1, 0.15) is 0 Å². The van der Waals surface area contributed by atoms with E-state index in [0.29, 0.717) is 12.3 Å². The highest BCUT2D eigenvalue weighted by Crippen LogP contribution is 2.12. The minimum Gasteiger partial charge on any atom is -0.330 e. The van der Waals surface area contributed by atoms with E-state index < -0.39 is 10.8 Å². The van der Waals surface area contributed by atoms with E-state index in [1.54, 1.807) is 0 Å². The zero-order chi connectivity index (χ0) is 7.40. The fourth-order valence-electron chi connectivity index (χ4n) is 0.601.